The van der Waals surface area contributed by atoms with Gasteiger partial charge in [-0.3, -0.25) is 4.79 Å². The average Bonchev–Trinajstić information content (AvgIpc) is 2.29. The Morgan fingerprint density at radius 3 is 2.94 bits per heavy atom. The van der Waals surface area contributed by atoms with Crippen molar-refractivity contribution in [3.63, 3.8) is 0 Å². The normalized spacial score (nSPS) is 10.2. The number of nitrogens with one attached hydrogen (secondary N) is 1. The van der Waals surface area contributed by atoms with Gasteiger partial charge in [0.15, 0.2) is 5.82 Å². The SMILES string of the molecule is CCOCCN(C)c1nc[nH]c(=O)c1OC. The van der Waals surface area contributed by atoms with Gasteiger partial charge in [0, 0.05) is 20.2 Å². The van der Waals surface area contributed by atoms with Crippen LogP contribution >= 0.6 is 0 Å². The van der Waals surface area contributed by atoms with Crippen molar-refractivity contribution >= 4 is 5.82 Å². The van der Waals surface area contributed by atoms with Crippen molar-refractivity contribution in [2.45, 2.75) is 6.92 Å². The van der Waals surface area contributed by atoms with E-state index in [1.165, 1.54) is 13.4 Å². The second-order valence-electron chi connectivity index (χ2n) is 3.21. The molecular weight excluding hydrogens is 210 g/mol. The lowest BCUT2D eigenvalue weighted by molar-refractivity contribution is 0.154. The lowest BCUT2D eigenvalue weighted by Crippen LogP contribution is -2.26. The lowest BCUT2D eigenvalue weighted by Gasteiger charge is -2.19. The number of H-pyrrole nitrogens is 1. The maximum absolute atomic E-state index is 11.4. The molecule has 0 saturated heterocycles. The summed E-state index contributed by atoms with van der Waals surface area (Å²) in [5.74, 6) is 0.743. The van der Waals surface area contributed by atoms with Crippen LogP contribution in [0, 0.1) is 0 Å². The number of aromatic amines is 1. The number of aromatic nitrogens is 2. The molecule has 0 aliphatic carbocycles. The standard InChI is InChI=1S/C10H17N3O3/c1-4-16-6-5-13(2)9-8(15-3)10(14)12-7-11-9/h7H,4-6H2,1-3H3,(H,11,12,14). The number of nitrogens with zero attached hydrogens (tertiary/aromatic N) is 2. The van der Waals surface area contributed by atoms with Crippen LogP contribution in [0.4, 0.5) is 5.82 Å². The molecule has 0 fully saturated rings. The first-order chi connectivity index (χ1) is 7.70. The molecule has 1 aromatic heterocycles. The van der Waals surface area contributed by atoms with Crippen LogP contribution in [0.5, 0.6) is 5.75 Å². The van der Waals surface area contributed by atoms with Gasteiger partial charge in [-0.25, -0.2) is 4.98 Å². The molecule has 0 bridgehead atoms. The minimum atomic E-state index is -0.282. The highest BCUT2D eigenvalue weighted by molar-refractivity contribution is 5.49. The van der Waals surface area contributed by atoms with Crippen LogP contribution in [0.3, 0.4) is 0 Å². The van der Waals surface area contributed by atoms with Crippen molar-refractivity contribution in [3.05, 3.63) is 16.7 Å². The van der Waals surface area contributed by atoms with Gasteiger partial charge in [0.05, 0.1) is 20.0 Å². The lowest BCUT2D eigenvalue weighted by atomic mass is 10.4. The molecule has 90 valence electrons. The van der Waals surface area contributed by atoms with Gasteiger partial charge in [0.2, 0.25) is 5.75 Å². The van der Waals surface area contributed by atoms with Gasteiger partial charge >= 0.3 is 0 Å². The number of hydrogen-bond donors (Lipinski definition) is 1. The molecule has 0 aliphatic heterocycles. The first kappa shape index (κ1) is 12.5. The molecule has 6 nitrogen and oxygen atoms in total. The van der Waals surface area contributed by atoms with Crippen LogP contribution in [0.1, 0.15) is 6.92 Å². The summed E-state index contributed by atoms with van der Waals surface area (Å²) in [7, 11) is 3.29. The molecule has 0 aliphatic rings. The fraction of sp³-hybridized carbons (Fsp3) is 0.600. The van der Waals surface area contributed by atoms with Crippen molar-refractivity contribution in [1.82, 2.24) is 9.97 Å². The zero-order valence-electron chi connectivity index (χ0n) is 9.82. The first-order valence-electron chi connectivity index (χ1n) is 5.11. The molecule has 0 atom stereocenters. The van der Waals surface area contributed by atoms with Crippen LogP contribution in [0.2, 0.25) is 0 Å². The first-order valence-corrected chi connectivity index (χ1v) is 5.11. The summed E-state index contributed by atoms with van der Waals surface area (Å²) in [5.41, 5.74) is -0.282. The van der Waals surface area contributed by atoms with Gasteiger partial charge in [-0.15, -0.1) is 0 Å². The summed E-state index contributed by atoms with van der Waals surface area (Å²) >= 11 is 0. The van der Waals surface area contributed by atoms with Gasteiger partial charge in [-0.05, 0) is 6.92 Å². The second-order valence-corrected chi connectivity index (χ2v) is 3.21. The van der Waals surface area contributed by atoms with Crippen molar-refractivity contribution in [2.75, 3.05) is 38.8 Å². The fourth-order valence-electron chi connectivity index (χ4n) is 1.29. The van der Waals surface area contributed by atoms with E-state index >= 15 is 0 Å². The van der Waals surface area contributed by atoms with Crippen LogP contribution in [-0.2, 0) is 4.74 Å². The minimum absolute atomic E-state index is 0.224. The van der Waals surface area contributed by atoms with E-state index in [2.05, 4.69) is 9.97 Å². The molecule has 6 heteroatoms. The Labute approximate surface area is 94.2 Å². The topological polar surface area (TPSA) is 67.5 Å². The average molecular weight is 227 g/mol. The van der Waals surface area contributed by atoms with E-state index in [0.717, 1.165) is 0 Å². The molecule has 16 heavy (non-hydrogen) atoms. The van der Waals surface area contributed by atoms with E-state index in [9.17, 15) is 4.79 Å². The summed E-state index contributed by atoms with van der Waals surface area (Å²) in [5, 5.41) is 0. The number of rotatable bonds is 6. The summed E-state index contributed by atoms with van der Waals surface area (Å²) in [6, 6.07) is 0. The van der Waals surface area contributed by atoms with E-state index < -0.39 is 0 Å². The number of ether oxygens (including phenoxy) is 2. The minimum Gasteiger partial charge on any atom is -0.489 e. The predicted molar refractivity (Wildman–Crippen MR) is 61.2 cm³/mol. The molecule has 0 unspecified atom stereocenters. The molecule has 0 amide bonds. The molecule has 1 N–H and O–H groups in total. The summed E-state index contributed by atoms with van der Waals surface area (Å²) in [6.07, 6.45) is 1.36. The third-order valence-electron chi connectivity index (χ3n) is 2.13. The Morgan fingerprint density at radius 1 is 1.56 bits per heavy atom. The third kappa shape index (κ3) is 2.96. The van der Waals surface area contributed by atoms with Gasteiger partial charge in [-0.1, -0.05) is 0 Å². The van der Waals surface area contributed by atoms with E-state index in [4.69, 9.17) is 9.47 Å². The maximum Gasteiger partial charge on any atom is 0.295 e. The fourth-order valence-corrected chi connectivity index (χ4v) is 1.29. The number of likely N-dealkylation sites (N-methyl/N-ethyl adjacent to an activating group) is 1. The van der Waals surface area contributed by atoms with Crippen LogP contribution in [0.25, 0.3) is 0 Å². The highest BCUT2D eigenvalue weighted by Gasteiger charge is 2.12. The Kier molecular flexibility index (Phi) is 4.78. The number of anilines is 1. The molecule has 0 spiro atoms. The molecule has 0 saturated carbocycles. The van der Waals surface area contributed by atoms with Crippen molar-refractivity contribution < 1.29 is 9.47 Å². The Hall–Kier alpha value is -1.56. The smallest absolute Gasteiger partial charge is 0.295 e. The van der Waals surface area contributed by atoms with Crippen LogP contribution in [0.15, 0.2) is 11.1 Å². The van der Waals surface area contributed by atoms with Gasteiger partial charge in [0.1, 0.15) is 0 Å². The molecule has 1 heterocycles. The third-order valence-corrected chi connectivity index (χ3v) is 2.13. The largest absolute Gasteiger partial charge is 0.489 e. The second kappa shape index (κ2) is 6.12. The summed E-state index contributed by atoms with van der Waals surface area (Å²) in [6.45, 7) is 3.85. The van der Waals surface area contributed by atoms with Gasteiger partial charge < -0.3 is 19.4 Å². The Bertz CT molecular complexity index is 378. The van der Waals surface area contributed by atoms with Crippen LogP contribution < -0.4 is 15.2 Å². The highest BCUT2D eigenvalue weighted by atomic mass is 16.5. The summed E-state index contributed by atoms with van der Waals surface area (Å²) in [4.78, 5) is 19.8. The molecule has 1 rings (SSSR count). The van der Waals surface area contributed by atoms with E-state index in [-0.39, 0.29) is 11.3 Å². The molecule has 1 aromatic rings. The highest BCUT2D eigenvalue weighted by Crippen LogP contribution is 2.18. The quantitative estimate of drug-likeness (QED) is 0.706. The Balaban J connectivity index is 2.78. The monoisotopic (exact) mass is 227 g/mol. The van der Waals surface area contributed by atoms with E-state index in [1.54, 1.807) is 0 Å². The predicted octanol–water partition coefficient (Wildman–Crippen LogP) is 0.251. The summed E-state index contributed by atoms with van der Waals surface area (Å²) < 4.78 is 10.2. The van der Waals surface area contributed by atoms with E-state index in [0.29, 0.717) is 25.6 Å². The van der Waals surface area contributed by atoms with E-state index in [1.807, 2.05) is 18.9 Å². The zero-order valence-corrected chi connectivity index (χ0v) is 9.82. The molecule has 0 radical (unpaired) electrons. The van der Waals surface area contributed by atoms with Crippen molar-refractivity contribution in [1.29, 1.82) is 0 Å². The number of hydrogen-bond acceptors (Lipinski definition) is 5. The zero-order chi connectivity index (χ0) is 12.0. The van der Waals surface area contributed by atoms with Gasteiger partial charge in [0.25, 0.3) is 5.56 Å². The maximum atomic E-state index is 11.4. The van der Waals surface area contributed by atoms with Crippen LogP contribution in [-0.4, -0.2) is 43.9 Å². The van der Waals surface area contributed by atoms with Gasteiger partial charge in [-0.2, -0.15) is 0 Å². The molecular formula is C10H17N3O3. The van der Waals surface area contributed by atoms with Crippen molar-refractivity contribution in [3.8, 4) is 5.75 Å². The molecule has 0 aromatic carbocycles. The number of methoxy groups -OCH3 is 1. The Morgan fingerprint density at radius 2 is 2.31 bits per heavy atom. The van der Waals surface area contributed by atoms with Crippen molar-refractivity contribution in [2.24, 2.45) is 0 Å².